The van der Waals surface area contributed by atoms with Gasteiger partial charge in [0, 0.05) is 85.1 Å². The number of rotatable bonds is 13. The summed E-state index contributed by atoms with van der Waals surface area (Å²) in [6, 6.07) is 6.37. The third-order valence-electron chi connectivity index (χ3n) is 7.18. The molecular weight excluding hydrogens is 461 g/mol. The van der Waals surface area contributed by atoms with Crippen molar-refractivity contribution in [1.82, 2.24) is 39.8 Å². The number of nitrogens with two attached hydrogens (primary N) is 1. The van der Waals surface area contributed by atoms with Crippen LogP contribution in [0.5, 0.6) is 0 Å². The zero-order valence-corrected chi connectivity index (χ0v) is 22.2. The normalized spacial score (nSPS) is 24.7. The Balaban J connectivity index is 1.19. The van der Waals surface area contributed by atoms with Crippen LogP contribution in [-0.4, -0.2) is 116 Å². The van der Waals surface area contributed by atoms with E-state index in [0.29, 0.717) is 6.54 Å². The topological polar surface area (TPSA) is 105 Å². The molecule has 1 unspecified atom stereocenters. The second-order valence-corrected chi connectivity index (χ2v) is 12.5. The van der Waals surface area contributed by atoms with Crippen molar-refractivity contribution in [1.29, 1.82) is 0 Å². The molecular formula is C24H46N9OP. The predicted molar refractivity (Wildman–Crippen MR) is 142 cm³/mol. The first kappa shape index (κ1) is 27.1. The fourth-order valence-electron chi connectivity index (χ4n) is 5.35. The van der Waals surface area contributed by atoms with E-state index in [4.69, 9.17) is 10.7 Å². The quantitative estimate of drug-likeness (QED) is 0.221. The van der Waals surface area contributed by atoms with Crippen molar-refractivity contribution >= 4 is 7.59 Å². The molecule has 4 heterocycles. The second-order valence-electron chi connectivity index (χ2n) is 9.80. The van der Waals surface area contributed by atoms with E-state index in [-0.39, 0.29) is 0 Å². The van der Waals surface area contributed by atoms with Crippen LogP contribution in [0.25, 0.3) is 0 Å². The third-order valence-corrected chi connectivity index (χ3v) is 10.6. The van der Waals surface area contributed by atoms with Gasteiger partial charge >= 0.3 is 0 Å². The van der Waals surface area contributed by atoms with Crippen LogP contribution in [-0.2, 0) is 17.7 Å². The fraction of sp³-hybridized carbons (Fsp3) is 0.792. The molecule has 0 bridgehead atoms. The molecule has 1 atom stereocenters. The highest BCUT2D eigenvalue weighted by atomic mass is 31.2. The van der Waals surface area contributed by atoms with Crippen LogP contribution < -0.4 is 21.7 Å². The average molecular weight is 508 g/mol. The number of hydrogen-bond donors (Lipinski definition) is 4. The molecule has 0 saturated carbocycles. The molecule has 0 aromatic carbocycles. The zero-order valence-electron chi connectivity index (χ0n) is 21.3. The third kappa shape index (κ3) is 7.53. The summed E-state index contributed by atoms with van der Waals surface area (Å²) in [7, 11) is -2.50. The molecule has 3 aliphatic rings. The Morgan fingerprint density at radius 3 is 2.14 bits per heavy atom. The average Bonchev–Trinajstić information content (AvgIpc) is 3.22. The number of aromatic nitrogens is 1. The van der Waals surface area contributed by atoms with Gasteiger partial charge in [-0.25, -0.2) is 14.0 Å². The van der Waals surface area contributed by atoms with E-state index in [1.165, 1.54) is 0 Å². The van der Waals surface area contributed by atoms with E-state index in [1.807, 2.05) is 0 Å². The maximum atomic E-state index is 13.9. The first-order valence-corrected chi connectivity index (χ1v) is 15.1. The molecule has 1 aromatic heterocycles. The van der Waals surface area contributed by atoms with E-state index in [2.05, 4.69) is 53.1 Å². The summed E-state index contributed by atoms with van der Waals surface area (Å²) < 4.78 is 20.8. The van der Waals surface area contributed by atoms with Gasteiger partial charge in [0.15, 0.2) is 0 Å². The van der Waals surface area contributed by atoms with Gasteiger partial charge in [-0.15, -0.1) is 0 Å². The summed E-state index contributed by atoms with van der Waals surface area (Å²) in [6.45, 7) is 14.8. The van der Waals surface area contributed by atoms with E-state index < -0.39 is 7.59 Å². The van der Waals surface area contributed by atoms with Crippen LogP contribution in [0.15, 0.2) is 18.2 Å². The van der Waals surface area contributed by atoms with Crippen molar-refractivity contribution < 1.29 is 4.57 Å². The molecule has 4 rings (SSSR count). The number of hydrogen-bond acceptors (Lipinski definition) is 7. The SMILES string of the molecule is NCCNCCCNCCNCc1cccc(CN2CCCN3CCN4CCCN(CC2)P34=O)n1. The molecule has 0 amide bonds. The van der Waals surface area contributed by atoms with Gasteiger partial charge in [-0.05, 0) is 51.0 Å². The summed E-state index contributed by atoms with van der Waals surface area (Å²) in [6.07, 6.45) is 3.30. The molecule has 1 aromatic rings. The molecule has 35 heavy (non-hydrogen) atoms. The molecule has 10 nitrogen and oxygen atoms in total. The highest BCUT2D eigenvalue weighted by Crippen LogP contribution is 2.61. The molecule has 0 spiro atoms. The van der Waals surface area contributed by atoms with Gasteiger partial charge in [0.25, 0.3) is 7.59 Å². The van der Waals surface area contributed by atoms with Crippen LogP contribution in [0.3, 0.4) is 0 Å². The van der Waals surface area contributed by atoms with Crippen LogP contribution in [0.2, 0.25) is 0 Å². The smallest absolute Gasteiger partial charge is 0.287 e. The maximum Gasteiger partial charge on any atom is 0.287 e. The first-order chi connectivity index (χ1) is 17.2. The van der Waals surface area contributed by atoms with E-state index in [1.54, 1.807) is 0 Å². The van der Waals surface area contributed by atoms with E-state index in [0.717, 1.165) is 129 Å². The Kier molecular flexibility index (Phi) is 10.9. The summed E-state index contributed by atoms with van der Waals surface area (Å²) in [5.74, 6) is 0. The number of nitrogens with zero attached hydrogens (tertiary/aromatic N) is 5. The van der Waals surface area contributed by atoms with Crippen molar-refractivity contribution in [3.63, 3.8) is 0 Å². The lowest BCUT2D eigenvalue weighted by atomic mass is 10.2. The summed E-state index contributed by atoms with van der Waals surface area (Å²) in [5.41, 5.74) is 7.69. The van der Waals surface area contributed by atoms with Gasteiger partial charge in [-0.3, -0.25) is 14.4 Å². The Bertz CT molecular complexity index is 813. The van der Waals surface area contributed by atoms with Crippen molar-refractivity contribution in [3.05, 3.63) is 29.6 Å². The number of pyridine rings is 1. The van der Waals surface area contributed by atoms with E-state index in [9.17, 15) is 4.57 Å². The second kappa shape index (κ2) is 14.1. The van der Waals surface area contributed by atoms with Crippen LogP contribution in [0.1, 0.15) is 30.7 Å². The van der Waals surface area contributed by atoms with Crippen LogP contribution in [0, 0.1) is 0 Å². The van der Waals surface area contributed by atoms with Crippen LogP contribution >= 0.6 is 7.59 Å². The highest BCUT2D eigenvalue weighted by Gasteiger charge is 2.49. The van der Waals surface area contributed by atoms with Crippen molar-refractivity contribution in [2.24, 2.45) is 5.73 Å². The Morgan fingerprint density at radius 1 is 0.771 bits per heavy atom. The minimum atomic E-state index is -2.50. The summed E-state index contributed by atoms with van der Waals surface area (Å²) in [5, 5.41) is 10.3. The minimum Gasteiger partial charge on any atom is -0.329 e. The van der Waals surface area contributed by atoms with Gasteiger partial charge in [0.1, 0.15) is 0 Å². The van der Waals surface area contributed by atoms with Gasteiger partial charge in [0.2, 0.25) is 0 Å². The fourth-order valence-corrected chi connectivity index (χ4v) is 8.68. The van der Waals surface area contributed by atoms with Gasteiger partial charge in [-0.1, -0.05) is 6.07 Å². The molecule has 3 saturated heterocycles. The van der Waals surface area contributed by atoms with Crippen LogP contribution in [0.4, 0.5) is 0 Å². The zero-order chi connectivity index (χ0) is 24.3. The standard InChI is InChI=1S/C24H46N9OP/c25-7-10-26-8-2-9-27-11-12-28-21-23-5-1-6-24(29-23)22-30-13-3-14-32-19-20-33-16-4-15-31(18-17-30)35(32,33)34/h1,5-6,26-28H,2-4,7-22,25H2. The lowest BCUT2D eigenvalue weighted by Crippen LogP contribution is -2.42. The molecule has 198 valence electrons. The highest BCUT2D eigenvalue weighted by molar-refractivity contribution is 7.56. The molecule has 11 heteroatoms. The summed E-state index contributed by atoms with van der Waals surface area (Å²) >= 11 is 0. The Morgan fingerprint density at radius 2 is 1.40 bits per heavy atom. The van der Waals surface area contributed by atoms with Crippen molar-refractivity contribution in [2.45, 2.75) is 32.4 Å². The predicted octanol–water partition coefficient (Wildman–Crippen LogP) is 0.336. The minimum absolute atomic E-state index is 0.698. The molecule has 5 N–H and O–H groups in total. The van der Waals surface area contributed by atoms with Gasteiger partial charge in [-0.2, -0.15) is 0 Å². The lowest BCUT2D eigenvalue weighted by Gasteiger charge is -2.42. The van der Waals surface area contributed by atoms with E-state index >= 15 is 0 Å². The van der Waals surface area contributed by atoms with Crippen molar-refractivity contribution in [2.75, 3.05) is 91.6 Å². The number of nitrogens with one attached hydrogen (secondary N) is 3. The monoisotopic (exact) mass is 507 g/mol. The van der Waals surface area contributed by atoms with Gasteiger partial charge in [0.05, 0.1) is 11.4 Å². The van der Waals surface area contributed by atoms with Crippen molar-refractivity contribution in [3.8, 4) is 0 Å². The Labute approximate surface area is 211 Å². The molecule has 3 fully saturated rings. The molecule has 3 aliphatic heterocycles. The van der Waals surface area contributed by atoms with Gasteiger partial charge < -0.3 is 21.7 Å². The first-order valence-electron chi connectivity index (χ1n) is 13.6. The molecule has 0 aliphatic carbocycles. The molecule has 0 radical (unpaired) electrons. The summed E-state index contributed by atoms with van der Waals surface area (Å²) in [4.78, 5) is 7.42. The Hall–Kier alpha value is -0.940. The lowest BCUT2D eigenvalue weighted by molar-refractivity contribution is 0.225. The largest absolute Gasteiger partial charge is 0.329 e. The maximum absolute atomic E-state index is 13.9.